The number of ether oxygens (including phenoxy) is 1. The summed E-state index contributed by atoms with van der Waals surface area (Å²) in [4.78, 5) is 11.0. The molecule has 0 bridgehead atoms. The van der Waals surface area contributed by atoms with E-state index in [1.807, 2.05) is 11.7 Å². The summed E-state index contributed by atoms with van der Waals surface area (Å²) in [5.41, 5.74) is 2.52. The van der Waals surface area contributed by atoms with Crippen LogP contribution in [0.2, 0.25) is 0 Å². The van der Waals surface area contributed by atoms with Gasteiger partial charge in [0.2, 0.25) is 0 Å². The van der Waals surface area contributed by atoms with E-state index < -0.39 is 0 Å². The number of fused-ring (bicyclic) bond motifs is 1. The molecule has 0 fully saturated rings. The van der Waals surface area contributed by atoms with Crippen molar-refractivity contribution >= 4 is 11.6 Å². The molecule has 1 aromatic carbocycles. The largest absolute Gasteiger partial charge is 0.378 e. The standard InChI is InChI=1S/C20H31N7O/c1-21-20(22-12-11-15-5-8-17(9-6-15)26(2)3)23-16-7-10-19-24-18(14-28-4)25-27(19)13-16/h5-6,8-9,16H,7,10-14H2,1-4H3,(H2,21,22,23). The average molecular weight is 386 g/mol. The number of aliphatic imine (C=N–C) groups is 1. The molecule has 0 spiro atoms. The summed E-state index contributed by atoms with van der Waals surface area (Å²) in [6.07, 6.45) is 2.87. The zero-order valence-corrected chi connectivity index (χ0v) is 17.3. The number of hydrogen-bond donors (Lipinski definition) is 2. The highest BCUT2D eigenvalue weighted by Gasteiger charge is 2.22. The van der Waals surface area contributed by atoms with Crippen molar-refractivity contribution in [3.63, 3.8) is 0 Å². The number of anilines is 1. The van der Waals surface area contributed by atoms with Crippen LogP contribution in [0.4, 0.5) is 5.69 Å². The molecule has 152 valence electrons. The normalized spacial score (nSPS) is 16.6. The minimum atomic E-state index is 0.287. The minimum absolute atomic E-state index is 0.287. The fraction of sp³-hybridized carbons (Fsp3) is 0.550. The number of nitrogens with zero attached hydrogens (tertiary/aromatic N) is 5. The molecule has 0 saturated heterocycles. The molecule has 2 heterocycles. The highest BCUT2D eigenvalue weighted by atomic mass is 16.5. The van der Waals surface area contributed by atoms with E-state index in [1.165, 1.54) is 11.3 Å². The Kier molecular flexibility index (Phi) is 6.86. The second-order valence-corrected chi connectivity index (χ2v) is 7.25. The van der Waals surface area contributed by atoms with E-state index in [2.05, 4.69) is 69.0 Å². The van der Waals surface area contributed by atoms with Crippen molar-refractivity contribution in [3.05, 3.63) is 41.5 Å². The van der Waals surface area contributed by atoms with Crippen LogP contribution in [-0.4, -0.2) is 61.6 Å². The Morgan fingerprint density at radius 1 is 1.32 bits per heavy atom. The van der Waals surface area contributed by atoms with Gasteiger partial charge in [0.1, 0.15) is 12.4 Å². The Bertz CT molecular complexity index is 782. The van der Waals surface area contributed by atoms with Crippen LogP contribution in [0, 0.1) is 0 Å². The lowest BCUT2D eigenvalue weighted by atomic mass is 10.1. The number of methoxy groups -OCH3 is 1. The maximum atomic E-state index is 5.13. The summed E-state index contributed by atoms with van der Waals surface area (Å²) in [7, 11) is 7.58. The molecule has 2 N–H and O–H groups in total. The Morgan fingerprint density at radius 3 is 2.79 bits per heavy atom. The molecule has 0 amide bonds. The van der Waals surface area contributed by atoms with Crippen molar-refractivity contribution in [2.24, 2.45) is 4.99 Å². The fourth-order valence-corrected chi connectivity index (χ4v) is 3.34. The van der Waals surface area contributed by atoms with E-state index >= 15 is 0 Å². The van der Waals surface area contributed by atoms with Crippen LogP contribution in [0.5, 0.6) is 0 Å². The zero-order valence-electron chi connectivity index (χ0n) is 17.3. The molecule has 1 aromatic heterocycles. The third-order valence-electron chi connectivity index (χ3n) is 4.90. The molecule has 1 aliphatic rings. The van der Waals surface area contributed by atoms with E-state index in [4.69, 9.17) is 4.74 Å². The van der Waals surface area contributed by atoms with Gasteiger partial charge in [-0.2, -0.15) is 5.10 Å². The van der Waals surface area contributed by atoms with Crippen molar-refractivity contribution in [1.29, 1.82) is 0 Å². The van der Waals surface area contributed by atoms with Gasteiger partial charge >= 0.3 is 0 Å². The van der Waals surface area contributed by atoms with E-state index in [1.54, 1.807) is 7.11 Å². The summed E-state index contributed by atoms with van der Waals surface area (Å²) in [6.45, 7) is 2.08. The SMILES string of the molecule is CN=C(NCCc1ccc(N(C)C)cc1)NC1CCc2nc(COC)nn2C1. The van der Waals surface area contributed by atoms with Crippen molar-refractivity contribution in [3.8, 4) is 0 Å². The highest BCUT2D eigenvalue weighted by molar-refractivity contribution is 5.79. The van der Waals surface area contributed by atoms with Crippen LogP contribution >= 0.6 is 0 Å². The molecule has 8 nitrogen and oxygen atoms in total. The first kappa shape index (κ1) is 20.1. The molecular formula is C20H31N7O. The van der Waals surface area contributed by atoms with Gasteiger partial charge in [-0.3, -0.25) is 4.99 Å². The molecule has 3 rings (SSSR count). The monoisotopic (exact) mass is 385 g/mol. The predicted octanol–water partition coefficient (Wildman–Crippen LogP) is 1.21. The van der Waals surface area contributed by atoms with Gasteiger partial charge < -0.3 is 20.3 Å². The van der Waals surface area contributed by atoms with Gasteiger partial charge in [-0.1, -0.05) is 12.1 Å². The van der Waals surface area contributed by atoms with Crippen molar-refractivity contribution in [1.82, 2.24) is 25.4 Å². The molecule has 28 heavy (non-hydrogen) atoms. The summed E-state index contributed by atoms with van der Waals surface area (Å²) < 4.78 is 7.11. The number of benzene rings is 1. The van der Waals surface area contributed by atoms with Crippen LogP contribution in [-0.2, 0) is 30.7 Å². The van der Waals surface area contributed by atoms with E-state index in [0.717, 1.165) is 50.0 Å². The van der Waals surface area contributed by atoms with Crippen LogP contribution < -0.4 is 15.5 Å². The van der Waals surface area contributed by atoms with Gasteiger partial charge in [0.15, 0.2) is 11.8 Å². The predicted molar refractivity (Wildman–Crippen MR) is 112 cm³/mol. The third kappa shape index (κ3) is 5.22. The molecular weight excluding hydrogens is 354 g/mol. The first-order valence-corrected chi connectivity index (χ1v) is 9.74. The molecule has 2 aromatic rings. The summed E-state index contributed by atoms with van der Waals surface area (Å²) in [5.74, 6) is 2.62. The number of rotatable bonds is 7. The molecule has 0 radical (unpaired) electrons. The van der Waals surface area contributed by atoms with Crippen molar-refractivity contribution in [2.45, 2.75) is 38.5 Å². The smallest absolute Gasteiger partial charge is 0.191 e. The van der Waals surface area contributed by atoms with E-state index in [9.17, 15) is 0 Å². The lowest BCUT2D eigenvalue weighted by Gasteiger charge is -2.25. The zero-order chi connectivity index (χ0) is 19.9. The number of hydrogen-bond acceptors (Lipinski definition) is 5. The second-order valence-electron chi connectivity index (χ2n) is 7.25. The maximum Gasteiger partial charge on any atom is 0.191 e. The molecule has 1 aliphatic heterocycles. The lowest BCUT2D eigenvalue weighted by Crippen LogP contribution is -2.47. The van der Waals surface area contributed by atoms with Crippen LogP contribution in [0.1, 0.15) is 23.6 Å². The van der Waals surface area contributed by atoms with Gasteiger partial charge in [0, 0.05) is 52.9 Å². The molecule has 0 aliphatic carbocycles. The van der Waals surface area contributed by atoms with Gasteiger partial charge in [-0.25, -0.2) is 9.67 Å². The van der Waals surface area contributed by atoms with Crippen LogP contribution in [0.15, 0.2) is 29.3 Å². The molecule has 1 atom stereocenters. The van der Waals surface area contributed by atoms with Crippen molar-refractivity contribution in [2.75, 3.05) is 39.7 Å². The van der Waals surface area contributed by atoms with Crippen molar-refractivity contribution < 1.29 is 4.74 Å². The highest BCUT2D eigenvalue weighted by Crippen LogP contribution is 2.14. The third-order valence-corrected chi connectivity index (χ3v) is 4.90. The second kappa shape index (κ2) is 9.54. The molecule has 0 saturated carbocycles. The Morgan fingerprint density at radius 2 is 2.11 bits per heavy atom. The first-order valence-electron chi connectivity index (χ1n) is 9.74. The van der Waals surface area contributed by atoms with Crippen LogP contribution in [0.3, 0.4) is 0 Å². The Balaban J connectivity index is 1.46. The first-order chi connectivity index (χ1) is 13.6. The van der Waals surface area contributed by atoms with Gasteiger partial charge in [-0.15, -0.1) is 0 Å². The number of guanidine groups is 1. The number of nitrogens with one attached hydrogen (secondary N) is 2. The van der Waals surface area contributed by atoms with Gasteiger partial charge in [0.25, 0.3) is 0 Å². The summed E-state index contributed by atoms with van der Waals surface area (Å²) in [5, 5.41) is 11.4. The Hall–Kier alpha value is -2.61. The quantitative estimate of drug-likeness (QED) is 0.551. The topological polar surface area (TPSA) is 79.6 Å². The van der Waals surface area contributed by atoms with Gasteiger partial charge in [0.05, 0.1) is 6.54 Å². The summed E-state index contributed by atoms with van der Waals surface area (Å²) >= 11 is 0. The maximum absolute atomic E-state index is 5.13. The minimum Gasteiger partial charge on any atom is -0.378 e. The van der Waals surface area contributed by atoms with E-state index in [0.29, 0.717) is 6.61 Å². The fourth-order valence-electron chi connectivity index (χ4n) is 3.34. The molecule has 8 heteroatoms. The summed E-state index contributed by atoms with van der Waals surface area (Å²) in [6, 6.07) is 8.95. The lowest BCUT2D eigenvalue weighted by molar-refractivity contribution is 0.177. The van der Waals surface area contributed by atoms with E-state index in [-0.39, 0.29) is 6.04 Å². The number of aromatic nitrogens is 3. The average Bonchev–Trinajstić information content (AvgIpc) is 3.09. The molecule has 1 unspecified atom stereocenters. The van der Waals surface area contributed by atoms with Gasteiger partial charge in [-0.05, 0) is 30.5 Å². The Labute approximate surface area is 167 Å². The number of aryl methyl sites for hydroxylation is 1. The van der Waals surface area contributed by atoms with Crippen LogP contribution in [0.25, 0.3) is 0 Å².